The Bertz CT molecular complexity index is 555. The van der Waals surface area contributed by atoms with Gasteiger partial charge in [-0.25, -0.2) is 9.97 Å². The Morgan fingerprint density at radius 3 is 2.50 bits per heavy atom. The molecule has 0 aliphatic rings. The van der Waals surface area contributed by atoms with Crippen LogP contribution in [0.2, 0.25) is 0 Å². The molecule has 1 atom stereocenters. The number of benzene rings is 1. The predicted molar refractivity (Wildman–Crippen MR) is 76.1 cm³/mol. The zero-order chi connectivity index (χ0) is 14.4. The van der Waals surface area contributed by atoms with E-state index in [9.17, 15) is 4.79 Å². The highest BCUT2D eigenvalue weighted by Gasteiger charge is 2.09. The first-order valence-electron chi connectivity index (χ1n) is 6.47. The number of rotatable bonds is 5. The maximum atomic E-state index is 11.8. The smallest absolute Gasteiger partial charge is 0.254 e. The Kier molecular flexibility index (Phi) is 4.79. The monoisotopic (exact) mass is 271 g/mol. The van der Waals surface area contributed by atoms with Crippen LogP contribution in [0, 0.1) is 5.92 Å². The number of amides is 1. The zero-order valence-corrected chi connectivity index (χ0v) is 11.3. The number of nitrogens with zero attached hydrogens (tertiary/aromatic N) is 2. The van der Waals surface area contributed by atoms with Crippen LogP contribution >= 0.6 is 0 Å². The molecule has 0 aliphatic heterocycles. The van der Waals surface area contributed by atoms with Crippen LogP contribution in [0.15, 0.2) is 42.7 Å². The van der Waals surface area contributed by atoms with Crippen molar-refractivity contribution in [1.82, 2.24) is 15.3 Å². The zero-order valence-electron chi connectivity index (χ0n) is 11.3. The number of aliphatic hydroxyl groups is 1. The van der Waals surface area contributed by atoms with Gasteiger partial charge in [0, 0.05) is 31.1 Å². The predicted octanol–water partition coefficient (Wildman–Crippen LogP) is 1.50. The average molecular weight is 271 g/mol. The van der Waals surface area contributed by atoms with Crippen LogP contribution in [0.1, 0.15) is 17.3 Å². The molecule has 1 heterocycles. The lowest BCUT2D eigenvalue weighted by Gasteiger charge is -2.09. The summed E-state index contributed by atoms with van der Waals surface area (Å²) in [6.45, 7) is 2.33. The second-order valence-corrected chi connectivity index (χ2v) is 4.66. The summed E-state index contributed by atoms with van der Waals surface area (Å²) in [7, 11) is 0. The highest BCUT2D eigenvalue weighted by molar-refractivity contribution is 5.93. The second kappa shape index (κ2) is 6.77. The van der Waals surface area contributed by atoms with E-state index in [0.717, 1.165) is 5.56 Å². The minimum Gasteiger partial charge on any atom is -0.396 e. The molecule has 0 aliphatic carbocycles. The van der Waals surface area contributed by atoms with Gasteiger partial charge in [0.1, 0.15) is 0 Å². The van der Waals surface area contributed by atoms with Crippen LogP contribution < -0.4 is 5.32 Å². The fourth-order valence-corrected chi connectivity index (χ4v) is 1.62. The molecule has 1 unspecified atom stereocenters. The largest absolute Gasteiger partial charge is 0.396 e. The van der Waals surface area contributed by atoms with Crippen LogP contribution in [0.3, 0.4) is 0 Å². The van der Waals surface area contributed by atoms with E-state index in [1.165, 1.54) is 12.4 Å². The van der Waals surface area contributed by atoms with Crippen molar-refractivity contribution in [2.24, 2.45) is 5.92 Å². The van der Waals surface area contributed by atoms with E-state index in [1.54, 1.807) is 0 Å². The summed E-state index contributed by atoms with van der Waals surface area (Å²) in [5.41, 5.74) is 1.32. The highest BCUT2D eigenvalue weighted by atomic mass is 16.3. The second-order valence-electron chi connectivity index (χ2n) is 4.66. The number of carbonyl (C=O) groups excluding carboxylic acids is 1. The molecule has 5 heteroatoms. The van der Waals surface area contributed by atoms with Crippen molar-refractivity contribution in [2.45, 2.75) is 6.92 Å². The summed E-state index contributed by atoms with van der Waals surface area (Å²) in [5.74, 6) is 0.388. The van der Waals surface area contributed by atoms with Crippen LogP contribution in [0.4, 0.5) is 0 Å². The van der Waals surface area contributed by atoms with Crippen molar-refractivity contribution in [3.05, 3.63) is 48.3 Å². The van der Waals surface area contributed by atoms with Crippen molar-refractivity contribution in [3.63, 3.8) is 0 Å². The minimum absolute atomic E-state index is 0.0310. The number of hydrogen-bond acceptors (Lipinski definition) is 4. The van der Waals surface area contributed by atoms with Gasteiger partial charge in [0.2, 0.25) is 0 Å². The molecule has 104 valence electrons. The first-order chi connectivity index (χ1) is 9.70. The third kappa shape index (κ3) is 3.61. The van der Waals surface area contributed by atoms with Gasteiger partial charge in [-0.15, -0.1) is 0 Å². The molecule has 0 spiro atoms. The Labute approximate surface area is 117 Å². The standard InChI is InChI=1S/C15H17N3O2/c1-11(10-19)7-18-15(20)13-8-16-14(17-9-13)12-5-3-2-4-6-12/h2-6,8-9,11,19H,7,10H2,1H3,(H,18,20). The van der Waals surface area contributed by atoms with Crippen LogP contribution in [0.5, 0.6) is 0 Å². The van der Waals surface area contributed by atoms with Crippen molar-refractivity contribution in [2.75, 3.05) is 13.2 Å². The number of hydrogen-bond donors (Lipinski definition) is 2. The lowest BCUT2D eigenvalue weighted by atomic mass is 10.2. The van der Waals surface area contributed by atoms with Crippen LogP contribution in [0.25, 0.3) is 11.4 Å². The van der Waals surface area contributed by atoms with Gasteiger partial charge >= 0.3 is 0 Å². The minimum atomic E-state index is -0.232. The third-order valence-electron chi connectivity index (χ3n) is 2.87. The van der Waals surface area contributed by atoms with E-state index >= 15 is 0 Å². The van der Waals surface area contributed by atoms with E-state index in [4.69, 9.17) is 5.11 Å². The topological polar surface area (TPSA) is 75.1 Å². The quantitative estimate of drug-likeness (QED) is 0.864. The molecule has 0 radical (unpaired) electrons. The van der Waals surface area contributed by atoms with E-state index < -0.39 is 0 Å². The summed E-state index contributed by atoms with van der Waals surface area (Å²) >= 11 is 0. The molecule has 0 bridgehead atoms. The molecule has 1 aromatic heterocycles. The van der Waals surface area contributed by atoms with Crippen molar-refractivity contribution in [1.29, 1.82) is 0 Å². The fourth-order valence-electron chi connectivity index (χ4n) is 1.62. The van der Waals surface area contributed by atoms with Gasteiger partial charge in [0.15, 0.2) is 5.82 Å². The lowest BCUT2D eigenvalue weighted by molar-refractivity contribution is 0.0941. The number of nitrogens with one attached hydrogen (secondary N) is 1. The molecule has 0 saturated heterocycles. The lowest BCUT2D eigenvalue weighted by Crippen LogP contribution is -2.29. The highest BCUT2D eigenvalue weighted by Crippen LogP contribution is 2.13. The van der Waals surface area contributed by atoms with E-state index in [0.29, 0.717) is 17.9 Å². The van der Waals surface area contributed by atoms with Crippen LogP contribution in [-0.2, 0) is 0 Å². The molecule has 2 rings (SSSR count). The Balaban J connectivity index is 2.03. The van der Waals surface area contributed by atoms with Gasteiger partial charge in [0.25, 0.3) is 5.91 Å². The SMILES string of the molecule is CC(CO)CNC(=O)c1cnc(-c2ccccc2)nc1. The maximum Gasteiger partial charge on any atom is 0.254 e. The van der Waals surface area contributed by atoms with Gasteiger partial charge in [-0.2, -0.15) is 0 Å². The van der Waals surface area contributed by atoms with Crippen LogP contribution in [-0.4, -0.2) is 34.1 Å². The van der Waals surface area contributed by atoms with Gasteiger partial charge in [0.05, 0.1) is 5.56 Å². The molecule has 0 fully saturated rings. The summed E-state index contributed by atoms with van der Waals surface area (Å²) in [5, 5.41) is 11.6. The number of aromatic nitrogens is 2. The molecular formula is C15H17N3O2. The molecule has 20 heavy (non-hydrogen) atoms. The molecule has 0 saturated carbocycles. The first kappa shape index (κ1) is 14.1. The Hall–Kier alpha value is -2.27. The molecule has 1 amide bonds. The fraction of sp³-hybridized carbons (Fsp3) is 0.267. The normalized spacial score (nSPS) is 11.9. The summed E-state index contributed by atoms with van der Waals surface area (Å²) in [6.07, 6.45) is 3.02. The van der Waals surface area contributed by atoms with Gasteiger partial charge in [-0.3, -0.25) is 4.79 Å². The average Bonchev–Trinajstić information content (AvgIpc) is 2.53. The van der Waals surface area contributed by atoms with E-state index in [1.807, 2.05) is 37.3 Å². The summed E-state index contributed by atoms with van der Waals surface area (Å²) < 4.78 is 0. The van der Waals surface area contributed by atoms with E-state index in [2.05, 4.69) is 15.3 Å². The van der Waals surface area contributed by atoms with Gasteiger partial charge < -0.3 is 10.4 Å². The summed E-state index contributed by atoms with van der Waals surface area (Å²) in [4.78, 5) is 20.2. The number of aliphatic hydroxyl groups excluding tert-OH is 1. The Morgan fingerprint density at radius 2 is 1.90 bits per heavy atom. The molecule has 5 nitrogen and oxygen atoms in total. The Morgan fingerprint density at radius 1 is 1.25 bits per heavy atom. The third-order valence-corrected chi connectivity index (χ3v) is 2.87. The molecular weight excluding hydrogens is 254 g/mol. The summed E-state index contributed by atoms with van der Waals surface area (Å²) in [6, 6.07) is 9.58. The number of carbonyl (C=O) groups is 1. The van der Waals surface area contributed by atoms with E-state index in [-0.39, 0.29) is 18.4 Å². The van der Waals surface area contributed by atoms with Crippen molar-refractivity contribution >= 4 is 5.91 Å². The first-order valence-corrected chi connectivity index (χ1v) is 6.47. The maximum absolute atomic E-state index is 11.8. The molecule has 2 N–H and O–H groups in total. The van der Waals surface area contributed by atoms with Gasteiger partial charge in [-0.1, -0.05) is 37.3 Å². The van der Waals surface area contributed by atoms with Crippen molar-refractivity contribution < 1.29 is 9.90 Å². The van der Waals surface area contributed by atoms with Crippen molar-refractivity contribution in [3.8, 4) is 11.4 Å². The molecule has 1 aromatic carbocycles. The molecule has 2 aromatic rings. The van der Waals surface area contributed by atoms with Gasteiger partial charge in [-0.05, 0) is 5.92 Å².